The van der Waals surface area contributed by atoms with Crippen LogP contribution in [-0.2, 0) is 0 Å². The van der Waals surface area contributed by atoms with E-state index in [9.17, 15) is 4.39 Å². The van der Waals surface area contributed by atoms with Crippen LogP contribution in [0.3, 0.4) is 0 Å². The Bertz CT molecular complexity index is 694. The van der Waals surface area contributed by atoms with Crippen LogP contribution < -0.4 is 5.32 Å². The Hall–Kier alpha value is -1.46. The lowest BCUT2D eigenvalue weighted by Crippen LogP contribution is -1.88. The Kier molecular flexibility index (Phi) is 3.01. The van der Waals surface area contributed by atoms with Crippen LogP contribution in [0.15, 0.2) is 46.9 Å². The molecule has 3 aromatic rings. The summed E-state index contributed by atoms with van der Waals surface area (Å²) in [5.41, 5.74) is 1.78. The van der Waals surface area contributed by atoms with Crippen LogP contribution in [0, 0.1) is 5.82 Å². The highest BCUT2D eigenvalue weighted by Crippen LogP contribution is 2.30. The van der Waals surface area contributed by atoms with Gasteiger partial charge in [-0.05, 0) is 42.5 Å². The van der Waals surface area contributed by atoms with Gasteiger partial charge in [0.15, 0.2) is 5.13 Å². The van der Waals surface area contributed by atoms with Crippen molar-refractivity contribution in [2.45, 2.75) is 0 Å². The number of benzene rings is 2. The molecule has 0 bridgehead atoms. The minimum atomic E-state index is -0.242. The smallest absolute Gasteiger partial charge is 0.188 e. The fourth-order valence-electron chi connectivity index (χ4n) is 1.61. The van der Waals surface area contributed by atoms with Gasteiger partial charge in [0.05, 0.1) is 10.2 Å². The molecule has 0 atom stereocenters. The molecular formula is C13H8BrFN2S. The summed E-state index contributed by atoms with van der Waals surface area (Å²) in [5, 5.41) is 3.97. The first-order valence-electron chi connectivity index (χ1n) is 5.29. The van der Waals surface area contributed by atoms with Gasteiger partial charge in [0.25, 0.3) is 0 Å². The van der Waals surface area contributed by atoms with E-state index in [0.29, 0.717) is 0 Å². The minimum Gasteiger partial charge on any atom is -0.332 e. The summed E-state index contributed by atoms with van der Waals surface area (Å²) in [7, 11) is 0. The number of halogens is 2. The van der Waals surface area contributed by atoms with Gasteiger partial charge in [0, 0.05) is 10.2 Å². The molecule has 0 aliphatic rings. The third-order valence-electron chi connectivity index (χ3n) is 2.45. The van der Waals surface area contributed by atoms with Crippen molar-refractivity contribution in [2.24, 2.45) is 0 Å². The molecule has 0 amide bonds. The highest BCUT2D eigenvalue weighted by molar-refractivity contribution is 9.10. The molecule has 3 rings (SSSR count). The fourth-order valence-corrected chi connectivity index (χ4v) is 3.05. The fraction of sp³-hybridized carbons (Fsp3) is 0. The summed E-state index contributed by atoms with van der Waals surface area (Å²) >= 11 is 5.00. The van der Waals surface area contributed by atoms with Gasteiger partial charge >= 0.3 is 0 Å². The molecule has 2 aromatic carbocycles. The molecule has 0 aliphatic heterocycles. The van der Waals surface area contributed by atoms with Gasteiger partial charge in [-0.15, -0.1) is 0 Å². The number of nitrogens with one attached hydrogen (secondary N) is 1. The molecule has 0 spiro atoms. The average molecular weight is 323 g/mol. The van der Waals surface area contributed by atoms with Gasteiger partial charge in [-0.3, -0.25) is 0 Å². The molecule has 0 saturated carbocycles. The van der Waals surface area contributed by atoms with Crippen molar-refractivity contribution >= 4 is 48.3 Å². The van der Waals surface area contributed by atoms with E-state index in [4.69, 9.17) is 0 Å². The Labute approximate surface area is 116 Å². The summed E-state index contributed by atoms with van der Waals surface area (Å²) in [6, 6.07) is 12.2. The second-order valence-electron chi connectivity index (χ2n) is 3.76. The molecule has 0 fully saturated rings. The highest BCUT2D eigenvalue weighted by Gasteiger charge is 2.04. The lowest BCUT2D eigenvalue weighted by molar-refractivity contribution is 0.628. The van der Waals surface area contributed by atoms with Crippen LogP contribution in [-0.4, -0.2) is 4.98 Å². The second kappa shape index (κ2) is 4.66. The van der Waals surface area contributed by atoms with Gasteiger partial charge in [-0.2, -0.15) is 0 Å². The van der Waals surface area contributed by atoms with Gasteiger partial charge in [-0.1, -0.05) is 27.3 Å². The molecule has 1 heterocycles. The zero-order valence-electron chi connectivity index (χ0n) is 9.15. The van der Waals surface area contributed by atoms with E-state index in [2.05, 4.69) is 26.2 Å². The van der Waals surface area contributed by atoms with Crippen molar-refractivity contribution < 1.29 is 4.39 Å². The predicted octanol–water partition coefficient (Wildman–Crippen LogP) is 4.94. The van der Waals surface area contributed by atoms with Crippen molar-refractivity contribution in [2.75, 3.05) is 5.32 Å². The standard InChI is InChI=1S/C13H8BrFN2S/c14-8-1-6-11-12(7-8)18-13(17-11)16-10-4-2-9(15)3-5-10/h1-7H,(H,16,17). The number of fused-ring (bicyclic) bond motifs is 1. The molecule has 0 radical (unpaired) electrons. The summed E-state index contributed by atoms with van der Waals surface area (Å²) in [6.07, 6.45) is 0. The van der Waals surface area contributed by atoms with Gasteiger partial charge in [0.2, 0.25) is 0 Å². The van der Waals surface area contributed by atoms with Crippen LogP contribution in [0.5, 0.6) is 0 Å². The minimum absolute atomic E-state index is 0.242. The molecule has 5 heteroatoms. The van der Waals surface area contributed by atoms with Crippen LogP contribution in [0.4, 0.5) is 15.2 Å². The zero-order valence-corrected chi connectivity index (χ0v) is 11.6. The van der Waals surface area contributed by atoms with Crippen molar-refractivity contribution in [3.63, 3.8) is 0 Å². The maximum atomic E-state index is 12.8. The van der Waals surface area contributed by atoms with E-state index >= 15 is 0 Å². The Balaban J connectivity index is 1.92. The van der Waals surface area contributed by atoms with E-state index in [-0.39, 0.29) is 5.82 Å². The quantitative estimate of drug-likeness (QED) is 0.722. The third kappa shape index (κ3) is 2.37. The molecule has 0 saturated heterocycles. The molecular weight excluding hydrogens is 315 g/mol. The molecule has 90 valence electrons. The third-order valence-corrected chi connectivity index (χ3v) is 3.87. The molecule has 1 N–H and O–H groups in total. The zero-order chi connectivity index (χ0) is 12.5. The van der Waals surface area contributed by atoms with Gasteiger partial charge in [0.1, 0.15) is 5.82 Å². The van der Waals surface area contributed by atoms with Crippen LogP contribution in [0.25, 0.3) is 10.2 Å². The lowest BCUT2D eigenvalue weighted by Gasteiger charge is -2.00. The van der Waals surface area contributed by atoms with Crippen molar-refractivity contribution in [3.8, 4) is 0 Å². The van der Waals surface area contributed by atoms with E-state index in [1.807, 2.05) is 18.2 Å². The number of anilines is 2. The SMILES string of the molecule is Fc1ccc(Nc2nc3ccc(Br)cc3s2)cc1. The van der Waals surface area contributed by atoms with E-state index in [1.165, 1.54) is 12.1 Å². The second-order valence-corrected chi connectivity index (χ2v) is 5.71. The summed E-state index contributed by atoms with van der Waals surface area (Å²) in [5.74, 6) is -0.242. The molecule has 2 nitrogen and oxygen atoms in total. The number of hydrogen-bond acceptors (Lipinski definition) is 3. The Morgan fingerprint density at radius 3 is 2.67 bits per heavy atom. The van der Waals surface area contributed by atoms with Gasteiger partial charge < -0.3 is 5.32 Å². The number of rotatable bonds is 2. The number of hydrogen-bond donors (Lipinski definition) is 1. The molecule has 18 heavy (non-hydrogen) atoms. The first kappa shape index (κ1) is 11.6. The number of thiazole rings is 1. The molecule has 0 unspecified atom stereocenters. The van der Waals surface area contributed by atoms with E-state index in [0.717, 1.165) is 25.5 Å². The van der Waals surface area contributed by atoms with Crippen molar-refractivity contribution in [1.82, 2.24) is 4.98 Å². The van der Waals surface area contributed by atoms with Crippen molar-refractivity contribution in [3.05, 3.63) is 52.8 Å². The largest absolute Gasteiger partial charge is 0.332 e. The summed E-state index contributed by atoms with van der Waals surface area (Å²) < 4.78 is 14.9. The topological polar surface area (TPSA) is 24.9 Å². The average Bonchev–Trinajstić information content (AvgIpc) is 2.73. The maximum absolute atomic E-state index is 12.8. The van der Waals surface area contributed by atoms with Gasteiger partial charge in [-0.25, -0.2) is 9.37 Å². The summed E-state index contributed by atoms with van der Waals surface area (Å²) in [4.78, 5) is 4.46. The van der Waals surface area contributed by atoms with Crippen molar-refractivity contribution in [1.29, 1.82) is 0 Å². The highest BCUT2D eigenvalue weighted by atomic mass is 79.9. The first-order chi connectivity index (χ1) is 8.70. The predicted molar refractivity (Wildman–Crippen MR) is 77.0 cm³/mol. The Morgan fingerprint density at radius 2 is 1.89 bits per heavy atom. The number of aromatic nitrogens is 1. The van der Waals surface area contributed by atoms with E-state index in [1.54, 1.807) is 23.5 Å². The normalized spacial score (nSPS) is 10.8. The Morgan fingerprint density at radius 1 is 1.11 bits per heavy atom. The lowest BCUT2D eigenvalue weighted by atomic mass is 10.3. The number of nitrogens with zero attached hydrogens (tertiary/aromatic N) is 1. The monoisotopic (exact) mass is 322 g/mol. The summed E-state index contributed by atoms with van der Waals surface area (Å²) in [6.45, 7) is 0. The van der Waals surface area contributed by atoms with Crippen LogP contribution in [0.2, 0.25) is 0 Å². The van der Waals surface area contributed by atoms with Crippen LogP contribution >= 0.6 is 27.3 Å². The van der Waals surface area contributed by atoms with E-state index < -0.39 is 0 Å². The maximum Gasteiger partial charge on any atom is 0.188 e. The first-order valence-corrected chi connectivity index (χ1v) is 6.90. The molecule has 1 aromatic heterocycles. The van der Waals surface area contributed by atoms with Crippen LogP contribution in [0.1, 0.15) is 0 Å². The molecule has 0 aliphatic carbocycles.